The van der Waals surface area contributed by atoms with Gasteiger partial charge in [0.05, 0.1) is 0 Å². The smallest absolute Gasteiger partial charge is 0.238 e. The van der Waals surface area contributed by atoms with E-state index in [0.717, 1.165) is 0 Å². The summed E-state index contributed by atoms with van der Waals surface area (Å²) >= 11 is 0. The van der Waals surface area contributed by atoms with Gasteiger partial charge in [0.15, 0.2) is 0 Å². The van der Waals surface area contributed by atoms with Gasteiger partial charge in [-0.15, -0.1) is 0 Å². The summed E-state index contributed by atoms with van der Waals surface area (Å²) in [6.07, 6.45) is 0. The quantitative estimate of drug-likeness (QED) is 0.393. The minimum absolute atomic E-state index is 0. The molecule has 3 nitrogen and oxygen atoms in total. The van der Waals surface area contributed by atoms with Gasteiger partial charge in [-0.1, -0.05) is 28.2 Å². The minimum atomic E-state index is -0.666. The van der Waals surface area contributed by atoms with E-state index in [4.69, 9.17) is 11.1 Å². The Balaban J connectivity index is 0. The molecular formula is C14H31N2OP. The maximum atomic E-state index is 6.82. The first-order valence-corrected chi connectivity index (χ1v) is 7.47. The third-order valence-corrected chi connectivity index (χ3v) is 5.18. The second-order valence-corrected chi connectivity index (χ2v) is 8.33. The molecule has 0 amide bonds. The maximum Gasteiger partial charge on any atom is 0.238 e. The van der Waals surface area contributed by atoms with Crippen LogP contribution in [-0.4, -0.2) is 35.1 Å². The molecule has 108 valence electrons. The molecule has 18 heavy (non-hydrogen) atoms. The van der Waals surface area contributed by atoms with Gasteiger partial charge in [0.25, 0.3) is 0 Å². The Morgan fingerprint density at radius 3 is 1.89 bits per heavy atom. The van der Waals surface area contributed by atoms with Crippen LogP contribution in [0, 0.1) is 6.57 Å². The van der Waals surface area contributed by atoms with E-state index < -0.39 is 8.30 Å². The summed E-state index contributed by atoms with van der Waals surface area (Å²) < 4.78 is 8.45. The summed E-state index contributed by atoms with van der Waals surface area (Å²) in [6.45, 7) is 23.3. The van der Waals surface area contributed by atoms with Crippen LogP contribution < -0.4 is 0 Å². The fourth-order valence-corrected chi connectivity index (χ4v) is 4.10. The molecule has 0 aromatic carbocycles. The third-order valence-electron chi connectivity index (χ3n) is 2.26. The summed E-state index contributed by atoms with van der Waals surface area (Å²) in [4.78, 5) is 3.36. The minimum Gasteiger partial charge on any atom is -0.335 e. The van der Waals surface area contributed by atoms with Crippen molar-refractivity contribution in [3.63, 3.8) is 0 Å². The zero-order chi connectivity index (χ0) is 13.6. The molecule has 0 fully saturated rings. The van der Waals surface area contributed by atoms with Crippen molar-refractivity contribution in [2.75, 3.05) is 13.2 Å². The van der Waals surface area contributed by atoms with Crippen LogP contribution in [0.25, 0.3) is 4.85 Å². The van der Waals surface area contributed by atoms with Crippen LogP contribution in [0.2, 0.25) is 0 Å². The molecular weight excluding hydrogens is 243 g/mol. The largest absolute Gasteiger partial charge is 0.335 e. The van der Waals surface area contributed by atoms with Gasteiger partial charge < -0.3 is 9.37 Å². The van der Waals surface area contributed by atoms with Crippen LogP contribution in [-0.2, 0) is 4.52 Å². The number of hydrogen-bond donors (Lipinski definition) is 0. The summed E-state index contributed by atoms with van der Waals surface area (Å²) in [6, 6.07) is 0.932. The fourth-order valence-electron chi connectivity index (χ4n) is 1.80. The van der Waals surface area contributed by atoms with Crippen LogP contribution >= 0.6 is 8.30 Å². The lowest BCUT2D eigenvalue weighted by Crippen LogP contribution is -2.38. The van der Waals surface area contributed by atoms with Crippen LogP contribution in [0.4, 0.5) is 0 Å². The van der Waals surface area contributed by atoms with Crippen LogP contribution in [0.3, 0.4) is 0 Å². The second kappa shape index (κ2) is 8.86. The van der Waals surface area contributed by atoms with Gasteiger partial charge in [0, 0.05) is 17.2 Å². The Morgan fingerprint density at radius 2 is 1.61 bits per heavy atom. The van der Waals surface area contributed by atoms with Crippen molar-refractivity contribution >= 4 is 8.30 Å². The first kappa shape index (κ1) is 20.2. The van der Waals surface area contributed by atoms with E-state index >= 15 is 0 Å². The average Bonchev–Trinajstić information content (AvgIpc) is 2.13. The van der Waals surface area contributed by atoms with Crippen LogP contribution in [0.5, 0.6) is 0 Å². The van der Waals surface area contributed by atoms with Gasteiger partial charge in [0.1, 0.15) is 14.9 Å². The van der Waals surface area contributed by atoms with Gasteiger partial charge in [-0.2, -0.15) is 0 Å². The molecule has 4 heteroatoms. The van der Waals surface area contributed by atoms with Gasteiger partial charge in [-0.25, -0.2) is 6.57 Å². The molecule has 0 radical (unpaired) electrons. The van der Waals surface area contributed by atoms with Crippen molar-refractivity contribution in [2.45, 2.75) is 73.1 Å². The average molecular weight is 274 g/mol. The van der Waals surface area contributed by atoms with Crippen LogP contribution in [0.15, 0.2) is 0 Å². The van der Waals surface area contributed by atoms with E-state index in [9.17, 15) is 0 Å². The van der Waals surface area contributed by atoms with E-state index in [2.05, 4.69) is 58.0 Å². The fraction of sp³-hybridized carbons (Fsp3) is 0.929. The van der Waals surface area contributed by atoms with Gasteiger partial charge >= 0.3 is 0 Å². The predicted molar refractivity (Wildman–Crippen MR) is 82.9 cm³/mol. The molecule has 0 saturated carbocycles. The summed E-state index contributed by atoms with van der Waals surface area (Å²) in [5.41, 5.74) is 0. The Kier molecular flexibility index (Phi) is 9.92. The molecule has 0 aromatic heterocycles. The zero-order valence-corrected chi connectivity index (χ0v) is 13.2. The lowest BCUT2D eigenvalue weighted by atomic mass is 10.3. The molecule has 0 aliphatic heterocycles. The van der Waals surface area contributed by atoms with Gasteiger partial charge in [-0.05, 0) is 27.7 Å². The predicted octanol–water partition coefficient (Wildman–Crippen LogP) is 4.79. The zero-order valence-electron chi connectivity index (χ0n) is 12.3. The summed E-state index contributed by atoms with van der Waals surface area (Å²) in [5.74, 6) is 0. The highest BCUT2D eigenvalue weighted by Crippen LogP contribution is 2.55. The lowest BCUT2D eigenvalue weighted by Gasteiger charge is -2.43. The Hall–Kier alpha value is -0.160. The summed E-state index contributed by atoms with van der Waals surface area (Å²) in [5, 5.41) is 0.117. The van der Waals surface area contributed by atoms with Crippen molar-refractivity contribution in [3.05, 3.63) is 11.4 Å². The molecule has 0 aliphatic carbocycles. The van der Waals surface area contributed by atoms with Gasteiger partial charge in [-0.3, -0.25) is 4.67 Å². The molecule has 0 heterocycles. The van der Waals surface area contributed by atoms with E-state index in [1.807, 2.05) is 0 Å². The standard InChI is InChI=1S/C13H27N2OP.CH4/c1-11(2)15(12(3)4)17(13(5,6)7)16-10-9-14-8;/h11-12H,9-10H2,1-7H3;1H4. The van der Waals surface area contributed by atoms with Crippen LogP contribution in [0.1, 0.15) is 55.9 Å². The number of hydrogen-bond acceptors (Lipinski definition) is 2. The van der Waals surface area contributed by atoms with E-state index in [-0.39, 0.29) is 12.6 Å². The highest BCUT2D eigenvalue weighted by Gasteiger charge is 2.35. The van der Waals surface area contributed by atoms with Crippen molar-refractivity contribution in [3.8, 4) is 0 Å². The molecule has 0 rings (SSSR count). The Morgan fingerprint density at radius 1 is 1.17 bits per heavy atom. The molecule has 0 spiro atoms. The SMILES string of the molecule is C.[C-]#[N+]CCOP(N(C(C)C)C(C)C)C(C)(C)C. The van der Waals surface area contributed by atoms with Gasteiger partial charge in [0.2, 0.25) is 6.54 Å². The van der Waals surface area contributed by atoms with E-state index in [0.29, 0.717) is 25.2 Å². The van der Waals surface area contributed by atoms with Crippen molar-refractivity contribution < 1.29 is 4.52 Å². The highest BCUT2D eigenvalue weighted by atomic mass is 31.2. The van der Waals surface area contributed by atoms with E-state index in [1.165, 1.54) is 0 Å². The Bertz CT molecular complexity index is 246. The molecule has 0 saturated heterocycles. The normalized spacial score (nSPS) is 13.6. The third kappa shape index (κ3) is 6.69. The molecule has 0 aromatic rings. The monoisotopic (exact) mass is 274 g/mol. The van der Waals surface area contributed by atoms with E-state index in [1.54, 1.807) is 0 Å². The van der Waals surface area contributed by atoms with Crippen molar-refractivity contribution in [1.82, 2.24) is 4.67 Å². The topological polar surface area (TPSA) is 16.8 Å². The first-order valence-electron chi connectivity index (χ1n) is 6.26. The lowest BCUT2D eigenvalue weighted by molar-refractivity contribution is 0.248. The number of nitrogens with zero attached hydrogens (tertiary/aromatic N) is 2. The Labute approximate surface area is 116 Å². The van der Waals surface area contributed by atoms with Crippen molar-refractivity contribution in [1.29, 1.82) is 0 Å². The molecule has 1 atom stereocenters. The summed E-state index contributed by atoms with van der Waals surface area (Å²) in [7, 11) is -0.666. The first-order chi connectivity index (χ1) is 7.71. The second-order valence-electron chi connectivity index (χ2n) is 5.73. The van der Waals surface area contributed by atoms with Crippen molar-refractivity contribution in [2.24, 2.45) is 0 Å². The molecule has 0 N–H and O–H groups in total. The molecule has 0 bridgehead atoms. The maximum absolute atomic E-state index is 6.82. The molecule has 0 aliphatic rings. The highest BCUT2D eigenvalue weighted by molar-refractivity contribution is 7.51. The number of rotatable bonds is 6. The molecule has 1 unspecified atom stereocenters.